The molecule has 120 valence electrons. The van der Waals surface area contributed by atoms with Crippen LogP contribution in [0.25, 0.3) is 0 Å². The lowest BCUT2D eigenvalue weighted by molar-refractivity contribution is 0.568. The van der Waals surface area contributed by atoms with Crippen LogP contribution in [0.3, 0.4) is 0 Å². The molecule has 1 heterocycles. The highest BCUT2D eigenvalue weighted by molar-refractivity contribution is 8.00. The third-order valence-corrected chi connectivity index (χ3v) is 7.74. The van der Waals surface area contributed by atoms with E-state index >= 15 is 0 Å². The smallest absolute Gasteiger partial charge is 0.242 e. The fraction of sp³-hybridized carbons (Fsp3) is 0.714. The van der Waals surface area contributed by atoms with Gasteiger partial charge >= 0.3 is 0 Å². The molecule has 1 saturated carbocycles. The number of nitrogens with one attached hydrogen (secondary N) is 2. The van der Waals surface area contributed by atoms with Crippen LogP contribution in [0.2, 0.25) is 0 Å². The van der Waals surface area contributed by atoms with Gasteiger partial charge in [0.1, 0.15) is 4.90 Å². The molecule has 1 aromatic rings. The summed E-state index contributed by atoms with van der Waals surface area (Å²) in [6.07, 6.45) is 4.40. The van der Waals surface area contributed by atoms with Gasteiger partial charge in [-0.05, 0) is 50.8 Å². The SMILES string of the molecule is CSC(C)(C)CNS(=O)(=O)c1c(C)csc1CNC1CC1. The molecule has 1 aliphatic carbocycles. The van der Waals surface area contributed by atoms with Gasteiger partial charge in [-0.15, -0.1) is 11.3 Å². The molecule has 7 heteroatoms. The van der Waals surface area contributed by atoms with E-state index in [4.69, 9.17) is 0 Å². The number of hydrogen-bond acceptors (Lipinski definition) is 5. The number of hydrogen-bond donors (Lipinski definition) is 2. The molecular formula is C14H24N2O2S3. The molecule has 0 bridgehead atoms. The van der Waals surface area contributed by atoms with Crippen molar-refractivity contribution in [2.45, 2.75) is 55.8 Å². The van der Waals surface area contributed by atoms with Gasteiger partial charge in [-0.25, -0.2) is 13.1 Å². The summed E-state index contributed by atoms with van der Waals surface area (Å²) in [5.74, 6) is 0. The van der Waals surface area contributed by atoms with Gasteiger partial charge in [0, 0.05) is 28.8 Å². The molecule has 0 unspecified atom stereocenters. The van der Waals surface area contributed by atoms with Crippen LogP contribution in [0.5, 0.6) is 0 Å². The molecule has 1 aromatic heterocycles. The lowest BCUT2D eigenvalue weighted by atomic mass is 10.2. The van der Waals surface area contributed by atoms with E-state index in [1.54, 1.807) is 11.8 Å². The molecule has 4 nitrogen and oxygen atoms in total. The van der Waals surface area contributed by atoms with Gasteiger partial charge in [-0.2, -0.15) is 11.8 Å². The molecule has 21 heavy (non-hydrogen) atoms. The Balaban J connectivity index is 2.12. The second-order valence-electron chi connectivity index (χ2n) is 6.11. The summed E-state index contributed by atoms with van der Waals surface area (Å²) in [5, 5.41) is 5.33. The first-order valence-corrected chi connectivity index (χ1v) is 10.7. The van der Waals surface area contributed by atoms with Crippen LogP contribution >= 0.6 is 23.1 Å². The van der Waals surface area contributed by atoms with E-state index in [2.05, 4.69) is 10.0 Å². The number of aryl methyl sites for hydroxylation is 1. The molecule has 2 rings (SSSR count). The van der Waals surface area contributed by atoms with Crippen LogP contribution in [0, 0.1) is 6.92 Å². The zero-order chi connectivity index (χ0) is 15.7. The van der Waals surface area contributed by atoms with E-state index < -0.39 is 10.0 Å². The van der Waals surface area contributed by atoms with Crippen molar-refractivity contribution < 1.29 is 8.42 Å². The maximum Gasteiger partial charge on any atom is 0.242 e. The minimum atomic E-state index is -3.44. The van der Waals surface area contributed by atoms with Crippen LogP contribution in [0.1, 0.15) is 37.1 Å². The topological polar surface area (TPSA) is 58.2 Å². The molecule has 2 N–H and O–H groups in total. The van der Waals surface area contributed by atoms with E-state index in [9.17, 15) is 8.42 Å². The Morgan fingerprint density at radius 2 is 2.10 bits per heavy atom. The fourth-order valence-electron chi connectivity index (χ4n) is 1.91. The molecule has 0 spiro atoms. The average molecular weight is 349 g/mol. The van der Waals surface area contributed by atoms with E-state index in [0.29, 0.717) is 24.0 Å². The van der Waals surface area contributed by atoms with Crippen molar-refractivity contribution in [1.29, 1.82) is 0 Å². The monoisotopic (exact) mass is 348 g/mol. The van der Waals surface area contributed by atoms with E-state index in [0.717, 1.165) is 10.4 Å². The first-order valence-electron chi connectivity index (χ1n) is 7.10. The summed E-state index contributed by atoms with van der Waals surface area (Å²) in [6.45, 7) is 7.02. The van der Waals surface area contributed by atoms with Crippen LogP contribution in [-0.2, 0) is 16.6 Å². The van der Waals surface area contributed by atoms with E-state index in [1.807, 2.05) is 32.4 Å². The zero-order valence-corrected chi connectivity index (χ0v) is 15.5. The Hall–Kier alpha value is -0.0800. The van der Waals surface area contributed by atoms with Crippen molar-refractivity contribution in [2.24, 2.45) is 0 Å². The minimum absolute atomic E-state index is 0.108. The normalized spacial score (nSPS) is 16.4. The number of thiophene rings is 1. The highest BCUT2D eigenvalue weighted by Gasteiger charge is 2.27. The number of sulfonamides is 1. The Morgan fingerprint density at radius 3 is 2.67 bits per heavy atom. The van der Waals surface area contributed by atoms with Gasteiger partial charge in [0.05, 0.1) is 0 Å². The van der Waals surface area contributed by atoms with Gasteiger partial charge in [0.25, 0.3) is 0 Å². The molecule has 0 aromatic carbocycles. The second-order valence-corrected chi connectivity index (χ2v) is 10.3. The quantitative estimate of drug-likeness (QED) is 0.758. The highest BCUT2D eigenvalue weighted by atomic mass is 32.2. The Bertz CT molecular complexity index is 589. The van der Waals surface area contributed by atoms with Gasteiger partial charge in [-0.1, -0.05) is 0 Å². The summed E-state index contributed by atoms with van der Waals surface area (Å²) in [6, 6.07) is 0.575. The van der Waals surface area contributed by atoms with Crippen LogP contribution in [0.15, 0.2) is 10.3 Å². The van der Waals surface area contributed by atoms with Gasteiger partial charge < -0.3 is 5.32 Å². The predicted molar refractivity (Wildman–Crippen MR) is 91.7 cm³/mol. The molecule has 0 saturated heterocycles. The molecule has 0 aliphatic heterocycles. The lowest BCUT2D eigenvalue weighted by Crippen LogP contribution is -2.36. The van der Waals surface area contributed by atoms with Crippen molar-refractivity contribution in [3.63, 3.8) is 0 Å². The van der Waals surface area contributed by atoms with E-state index in [-0.39, 0.29) is 4.75 Å². The van der Waals surface area contributed by atoms with Crippen molar-refractivity contribution in [1.82, 2.24) is 10.0 Å². The standard InChI is InChI=1S/C14H24N2O2S3/c1-10-8-20-12(7-15-11-5-6-11)13(10)21(17,18)16-9-14(2,3)19-4/h8,11,15-16H,5-7,9H2,1-4H3. The lowest BCUT2D eigenvalue weighted by Gasteiger charge is -2.22. The maximum atomic E-state index is 12.6. The Kier molecular flexibility index (Phi) is 5.41. The van der Waals surface area contributed by atoms with Crippen molar-refractivity contribution in [3.8, 4) is 0 Å². The number of rotatable bonds is 8. The third-order valence-electron chi connectivity index (χ3n) is 3.63. The van der Waals surface area contributed by atoms with Crippen molar-refractivity contribution >= 4 is 33.1 Å². The largest absolute Gasteiger partial charge is 0.309 e. The average Bonchev–Trinajstić information content (AvgIpc) is 3.17. The molecular weight excluding hydrogens is 324 g/mol. The van der Waals surface area contributed by atoms with Crippen molar-refractivity contribution in [3.05, 3.63) is 15.8 Å². The first-order chi connectivity index (χ1) is 9.75. The van der Waals surface area contributed by atoms with Gasteiger partial charge in [0.15, 0.2) is 0 Å². The Labute approximate surface area is 136 Å². The third kappa shape index (κ3) is 4.69. The summed E-state index contributed by atoms with van der Waals surface area (Å²) < 4.78 is 27.9. The molecule has 0 amide bonds. The Morgan fingerprint density at radius 1 is 1.43 bits per heavy atom. The maximum absolute atomic E-state index is 12.6. The molecule has 1 fully saturated rings. The van der Waals surface area contributed by atoms with Gasteiger partial charge in [0.2, 0.25) is 10.0 Å². The fourth-order valence-corrected chi connectivity index (χ4v) is 5.19. The summed E-state index contributed by atoms with van der Waals surface area (Å²) in [7, 11) is -3.44. The highest BCUT2D eigenvalue weighted by Crippen LogP contribution is 2.29. The van der Waals surface area contributed by atoms with Crippen LogP contribution in [-0.4, -0.2) is 32.0 Å². The van der Waals surface area contributed by atoms with Crippen molar-refractivity contribution in [2.75, 3.05) is 12.8 Å². The van der Waals surface area contributed by atoms with Crippen LogP contribution < -0.4 is 10.0 Å². The summed E-state index contributed by atoms with van der Waals surface area (Å²) >= 11 is 3.18. The molecule has 1 aliphatic rings. The predicted octanol–water partition coefficient (Wildman–Crippen LogP) is 2.73. The zero-order valence-electron chi connectivity index (χ0n) is 13.0. The van der Waals surface area contributed by atoms with Crippen LogP contribution in [0.4, 0.5) is 0 Å². The van der Waals surface area contributed by atoms with E-state index in [1.165, 1.54) is 24.2 Å². The number of thioether (sulfide) groups is 1. The molecule has 0 radical (unpaired) electrons. The first kappa shape index (κ1) is 17.3. The minimum Gasteiger partial charge on any atom is -0.309 e. The molecule has 0 atom stereocenters. The van der Waals surface area contributed by atoms with Gasteiger partial charge in [-0.3, -0.25) is 0 Å². The summed E-state index contributed by atoms with van der Waals surface area (Å²) in [5.41, 5.74) is 0.835. The summed E-state index contributed by atoms with van der Waals surface area (Å²) in [4.78, 5) is 1.38. The second kappa shape index (κ2) is 6.58.